The summed E-state index contributed by atoms with van der Waals surface area (Å²) in [4.78, 5) is 0. The molecule has 0 radical (unpaired) electrons. The second-order valence-corrected chi connectivity index (χ2v) is 4.70. The van der Waals surface area contributed by atoms with Gasteiger partial charge in [0.05, 0.1) is 0 Å². The Bertz CT molecular complexity index is 578. The molecule has 21 heavy (non-hydrogen) atoms. The van der Waals surface area contributed by atoms with Gasteiger partial charge < -0.3 is 0 Å². The van der Waals surface area contributed by atoms with Crippen molar-refractivity contribution in [2.45, 2.75) is 18.9 Å². The predicted molar refractivity (Wildman–Crippen MR) is 71.2 cm³/mol. The zero-order valence-electron chi connectivity index (χ0n) is 11.0. The zero-order chi connectivity index (χ0) is 15.4. The maximum Gasteiger partial charge on any atom is 0.162 e. The number of halogens is 4. The Morgan fingerprint density at radius 2 is 1.24 bits per heavy atom. The highest BCUT2D eigenvalue weighted by Crippen LogP contribution is 2.17. The molecule has 0 aliphatic rings. The monoisotopic (exact) mass is 298 g/mol. The number of nitrogens with one attached hydrogen (secondary N) is 1. The fraction of sp³-hybridized carbons (Fsp3) is 0.200. The Balaban J connectivity index is 2.17. The van der Waals surface area contributed by atoms with Gasteiger partial charge in [0.25, 0.3) is 0 Å². The molecule has 0 saturated heterocycles. The average molecular weight is 298 g/mol. The van der Waals surface area contributed by atoms with Crippen molar-refractivity contribution < 1.29 is 17.6 Å². The van der Waals surface area contributed by atoms with Crippen LogP contribution in [0.3, 0.4) is 0 Å². The third-order valence-electron chi connectivity index (χ3n) is 3.23. The van der Waals surface area contributed by atoms with Crippen molar-refractivity contribution in [1.82, 2.24) is 5.43 Å². The molecule has 2 rings (SSSR count). The lowest BCUT2D eigenvalue weighted by atomic mass is 9.98. The van der Waals surface area contributed by atoms with Gasteiger partial charge in [-0.15, -0.1) is 0 Å². The Hall–Kier alpha value is -1.92. The summed E-state index contributed by atoms with van der Waals surface area (Å²) >= 11 is 0. The van der Waals surface area contributed by atoms with Gasteiger partial charge in [0.2, 0.25) is 0 Å². The van der Waals surface area contributed by atoms with Crippen molar-refractivity contribution in [2.75, 3.05) is 0 Å². The van der Waals surface area contributed by atoms with Gasteiger partial charge in [-0.1, -0.05) is 24.3 Å². The second-order valence-electron chi connectivity index (χ2n) is 4.70. The fourth-order valence-electron chi connectivity index (χ4n) is 2.13. The minimum atomic E-state index is -0.961. The Morgan fingerprint density at radius 3 is 1.62 bits per heavy atom. The molecule has 0 amide bonds. The van der Waals surface area contributed by atoms with E-state index in [9.17, 15) is 17.6 Å². The molecule has 0 heterocycles. The normalized spacial score (nSPS) is 11.1. The number of hydrazine groups is 1. The van der Waals surface area contributed by atoms with Gasteiger partial charge in [-0.25, -0.2) is 17.6 Å². The van der Waals surface area contributed by atoms with Crippen LogP contribution in [0.4, 0.5) is 17.6 Å². The minimum absolute atomic E-state index is 0.0516. The molecule has 0 unspecified atom stereocenters. The number of benzene rings is 2. The molecule has 3 N–H and O–H groups in total. The van der Waals surface area contributed by atoms with E-state index in [1.54, 1.807) is 0 Å². The first kappa shape index (κ1) is 15.5. The summed E-state index contributed by atoms with van der Waals surface area (Å²) in [6.07, 6.45) is 0.103. The van der Waals surface area contributed by atoms with E-state index >= 15 is 0 Å². The third-order valence-corrected chi connectivity index (χ3v) is 3.23. The Morgan fingerprint density at radius 1 is 0.810 bits per heavy atom. The smallest absolute Gasteiger partial charge is 0.162 e. The highest BCUT2D eigenvalue weighted by molar-refractivity contribution is 5.23. The molecule has 0 fully saturated rings. The van der Waals surface area contributed by atoms with Gasteiger partial charge in [0.1, 0.15) is 0 Å². The van der Waals surface area contributed by atoms with Gasteiger partial charge in [0, 0.05) is 6.04 Å². The minimum Gasteiger partial charge on any atom is -0.271 e. The van der Waals surface area contributed by atoms with Crippen molar-refractivity contribution in [1.29, 1.82) is 0 Å². The summed E-state index contributed by atoms with van der Waals surface area (Å²) in [7, 11) is 0. The first-order valence-corrected chi connectivity index (χ1v) is 6.34. The van der Waals surface area contributed by atoms with Crippen LogP contribution in [0, 0.1) is 23.3 Å². The molecular formula is C15H14F4N2. The molecule has 0 bridgehead atoms. The van der Waals surface area contributed by atoms with Crippen LogP contribution in [0.5, 0.6) is 0 Å². The van der Waals surface area contributed by atoms with Crippen molar-refractivity contribution in [2.24, 2.45) is 5.84 Å². The Labute approximate surface area is 119 Å². The summed E-state index contributed by atoms with van der Waals surface area (Å²) in [5, 5.41) is 0. The van der Waals surface area contributed by atoms with Crippen LogP contribution in [0.1, 0.15) is 11.1 Å². The summed E-state index contributed by atoms with van der Waals surface area (Å²) < 4.78 is 53.5. The number of hydrogen-bond donors (Lipinski definition) is 2. The van der Waals surface area contributed by atoms with Crippen LogP contribution >= 0.6 is 0 Å². The third kappa shape index (κ3) is 3.59. The molecule has 2 aromatic rings. The standard InChI is InChI=1S/C15H14F4N2/c16-12-5-1-3-9(14(12)18)7-11(21-20)8-10-4-2-6-13(17)15(10)19/h1-6,11,21H,7-8,20H2. The van der Waals surface area contributed by atoms with Gasteiger partial charge in [-0.2, -0.15) is 0 Å². The first-order valence-electron chi connectivity index (χ1n) is 6.34. The summed E-state index contributed by atoms with van der Waals surface area (Å²) in [5.41, 5.74) is 2.65. The van der Waals surface area contributed by atoms with E-state index in [4.69, 9.17) is 5.84 Å². The van der Waals surface area contributed by atoms with E-state index in [0.717, 1.165) is 12.1 Å². The second kappa shape index (κ2) is 6.69. The Kier molecular flexibility index (Phi) is 4.93. The predicted octanol–water partition coefficient (Wildman–Crippen LogP) is 2.86. The molecule has 112 valence electrons. The van der Waals surface area contributed by atoms with Crippen LogP contribution in [0.2, 0.25) is 0 Å². The van der Waals surface area contributed by atoms with E-state index in [0.29, 0.717) is 0 Å². The van der Waals surface area contributed by atoms with Crippen molar-refractivity contribution in [3.05, 3.63) is 70.8 Å². The lowest BCUT2D eigenvalue weighted by Crippen LogP contribution is -2.39. The van der Waals surface area contributed by atoms with Crippen LogP contribution < -0.4 is 11.3 Å². The zero-order valence-corrected chi connectivity index (χ0v) is 11.0. The molecule has 6 heteroatoms. The molecule has 0 atom stereocenters. The molecule has 0 aliphatic carbocycles. The molecule has 0 saturated carbocycles. The largest absolute Gasteiger partial charge is 0.271 e. The molecule has 0 aliphatic heterocycles. The van der Waals surface area contributed by atoms with Crippen LogP contribution in [0.15, 0.2) is 36.4 Å². The quantitative estimate of drug-likeness (QED) is 0.506. The first-order chi connectivity index (χ1) is 10.0. The molecule has 2 aromatic carbocycles. The van der Waals surface area contributed by atoms with Crippen molar-refractivity contribution in [3.63, 3.8) is 0 Å². The maximum atomic E-state index is 13.6. The van der Waals surface area contributed by atoms with E-state index in [2.05, 4.69) is 5.43 Å². The van der Waals surface area contributed by atoms with Gasteiger partial charge in [-0.05, 0) is 36.1 Å². The van der Waals surface area contributed by atoms with Crippen LogP contribution in [0.25, 0.3) is 0 Å². The summed E-state index contributed by atoms with van der Waals surface area (Å²) in [6, 6.07) is 7.06. The van der Waals surface area contributed by atoms with Crippen molar-refractivity contribution >= 4 is 0 Å². The van der Waals surface area contributed by atoms with E-state index in [1.165, 1.54) is 24.3 Å². The summed E-state index contributed by atoms with van der Waals surface area (Å²) in [5.74, 6) is 1.52. The average Bonchev–Trinajstić information content (AvgIpc) is 2.47. The van der Waals surface area contributed by atoms with Crippen molar-refractivity contribution in [3.8, 4) is 0 Å². The maximum absolute atomic E-state index is 13.6. The van der Waals surface area contributed by atoms with E-state index < -0.39 is 29.3 Å². The number of nitrogens with two attached hydrogens (primary N) is 1. The molecule has 2 nitrogen and oxygen atoms in total. The molecule has 0 spiro atoms. The highest BCUT2D eigenvalue weighted by atomic mass is 19.2. The number of hydrogen-bond acceptors (Lipinski definition) is 2. The SMILES string of the molecule is NNC(Cc1cccc(F)c1F)Cc1cccc(F)c1F. The van der Waals surface area contributed by atoms with Crippen LogP contribution in [-0.4, -0.2) is 6.04 Å². The highest BCUT2D eigenvalue weighted by Gasteiger charge is 2.17. The molecule has 0 aromatic heterocycles. The van der Waals surface area contributed by atoms with E-state index in [-0.39, 0.29) is 24.0 Å². The fourth-order valence-corrected chi connectivity index (χ4v) is 2.13. The van der Waals surface area contributed by atoms with Crippen LogP contribution in [-0.2, 0) is 12.8 Å². The van der Waals surface area contributed by atoms with Gasteiger partial charge >= 0.3 is 0 Å². The number of rotatable bonds is 5. The topological polar surface area (TPSA) is 38.0 Å². The van der Waals surface area contributed by atoms with Gasteiger partial charge in [0.15, 0.2) is 23.3 Å². The molecular weight excluding hydrogens is 284 g/mol. The lowest BCUT2D eigenvalue weighted by Gasteiger charge is -2.17. The lowest BCUT2D eigenvalue weighted by molar-refractivity contribution is 0.459. The summed E-state index contributed by atoms with van der Waals surface area (Å²) in [6.45, 7) is 0. The van der Waals surface area contributed by atoms with E-state index in [1.807, 2.05) is 0 Å². The van der Waals surface area contributed by atoms with Gasteiger partial charge in [-0.3, -0.25) is 11.3 Å².